The minimum absolute atomic E-state index is 0.265. The fourth-order valence-electron chi connectivity index (χ4n) is 11.8. The summed E-state index contributed by atoms with van der Waals surface area (Å²) in [6.45, 7) is 4.85. The van der Waals surface area contributed by atoms with Gasteiger partial charge < -0.3 is 4.90 Å². The molecule has 10 aromatic rings. The molecule has 2 heteroatoms. The molecule has 2 aliphatic carbocycles. The lowest BCUT2D eigenvalue weighted by Crippen LogP contribution is -2.74. The molecule has 0 saturated carbocycles. The van der Waals surface area contributed by atoms with E-state index in [4.69, 9.17) is 0 Å². The van der Waals surface area contributed by atoms with Crippen molar-refractivity contribution >= 4 is 45.9 Å². The van der Waals surface area contributed by atoms with E-state index in [-0.39, 0.29) is 5.41 Å². The van der Waals surface area contributed by atoms with Crippen LogP contribution in [0.4, 0.5) is 17.1 Å². The number of fused-ring (bicyclic) bond motifs is 6. The lowest BCUT2D eigenvalue weighted by atomic mass is 9.67. The van der Waals surface area contributed by atoms with Gasteiger partial charge in [0, 0.05) is 22.5 Å². The van der Waals surface area contributed by atoms with Gasteiger partial charge in [0.15, 0.2) is 8.07 Å². The zero-order valence-electron chi connectivity index (χ0n) is 37.3. The van der Waals surface area contributed by atoms with Gasteiger partial charge in [-0.3, -0.25) is 0 Å². The van der Waals surface area contributed by atoms with Gasteiger partial charge in [-0.2, -0.15) is 0 Å². The summed E-state index contributed by atoms with van der Waals surface area (Å²) in [5.41, 5.74) is 15.7. The van der Waals surface area contributed by atoms with Crippen molar-refractivity contribution in [2.75, 3.05) is 4.90 Å². The highest BCUT2D eigenvalue weighted by molar-refractivity contribution is 7.19. The van der Waals surface area contributed by atoms with Gasteiger partial charge in [0.1, 0.15) is 0 Å². The molecule has 1 nitrogen and oxygen atoms in total. The van der Waals surface area contributed by atoms with Gasteiger partial charge in [-0.25, -0.2) is 0 Å². The maximum atomic E-state index is 2.58. The van der Waals surface area contributed by atoms with E-state index in [1.165, 1.54) is 76.4 Å². The normalized spacial score (nSPS) is 13.8. The molecule has 12 rings (SSSR count). The van der Waals surface area contributed by atoms with Gasteiger partial charge >= 0.3 is 0 Å². The smallest absolute Gasteiger partial charge is 0.179 e. The fraction of sp³-hybridized carbons (Fsp3) is 0.0625. The van der Waals surface area contributed by atoms with Crippen molar-refractivity contribution in [3.05, 3.63) is 294 Å². The zero-order chi connectivity index (χ0) is 44.3. The zero-order valence-corrected chi connectivity index (χ0v) is 38.3. The molecule has 66 heavy (non-hydrogen) atoms. The highest BCUT2D eigenvalue weighted by Crippen LogP contribution is 2.57. The van der Waals surface area contributed by atoms with Crippen molar-refractivity contribution in [2.45, 2.75) is 24.7 Å². The minimum atomic E-state index is -2.73. The summed E-state index contributed by atoms with van der Waals surface area (Å²) < 4.78 is 0. The van der Waals surface area contributed by atoms with E-state index in [1.807, 2.05) is 0 Å². The number of hydrogen-bond acceptors (Lipinski definition) is 1. The Morgan fingerprint density at radius 2 is 0.667 bits per heavy atom. The standard InChI is InChI=1S/C64H49NSi/c1-63(2)60-43-49(37-40-56(60)57-42-39-54(45-61(57)63)66(51-29-15-6-16-30-51,52-31-17-7-18-32-52)53-33-19-8-20-34-53)65(48-27-13-5-14-28-48)50-38-41-58-55-35-21-22-36-59(55)64(62(58)44-50,46-23-9-3-10-24-46)47-25-11-4-12-26-47/h3-45H,1-2H3. The van der Waals surface area contributed by atoms with Crippen LogP contribution in [0.25, 0.3) is 22.3 Å². The topological polar surface area (TPSA) is 3.24 Å². The van der Waals surface area contributed by atoms with Crippen molar-refractivity contribution in [2.24, 2.45) is 0 Å². The Balaban J connectivity index is 1.03. The van der Waals surface area contributed by atoms with Crippen molar-refractivity contribution in [1.82, 2.24) is 0 Å². The maximum absolute atomic E-state index is 2.73. The molecule has 0 spiro atoms. The fourth-order valence-corrected chi connectivity index (χ4v) is 16.5. The Hall–Kier alpha value is -7.78. The largest absolute Gasteiger partial charge is 0.310 e. The summed E-state index contributed by atoms with van der Waals surface area (Å²) in [5.74, 6) is 0. The summed E-state index contributed by atoms with van der Waals surface area (Å²) in [5, 5.41) is 5.56. The van der Waals surface area contributed by atoms with Crippen molar-refractivity contribution in [3.8, 4) is 22.3 Å². The van der Waals surface area contributed by atoms with Crippen LogP contribution >= 0.6 is 0 Å². The number of rotatable bonds is 9. The molecule has 0 heterocycles. The number of nitrogens with zero attached hydrogens (tertiary/aromatic N) is 1. The first-order valence-electron chi connectivity index (χ1n) is 23.2. The molecule has 0 radical (unpaired) electrons. The first-order chi connectivity index (χ1) is 32.5. The summed E-state index contributed by atoms with van der Waals surface area (Å²) in [6, 6.07) is 97.7. The van der Waals surface area contributed by atoms with Crippen molar-refractivity contribution in [1.29, 1.82) is 0 Å². The van der Waals surface area contributed by atoms with E-state index >= 15 is 0 Å². The Morgan fingerprint density at radius 1 is 0.288 bits per heavy atom. The van der Waals surface area contributed by atoms with Gasteiger partial charge in [-0.1, -0.05) is 238 Å². The maximum Gasteiger partial charge on any atom is 0.179 e. The Bertz CT molecular complexity index is 3230. The van der Waals surface area contributed by atoms with Crippen molar-refractivity contribution < 1.29 is 0 Å². The summed E-state index contributed by atoms with van der Waals surface area (Å²) in [7, 11) is -2.73. The second-order valence-electron chi connectivity index (χ2n) is 18.4. The minimum Gasteiger partial charge on any atom is -0.310 e. The van der Waals surface area contributed by atoms with Crippen LogP contribution in [0, 0.1) is 0 Å². The molecular formula is C64H49NSi. The highest BCUT2D eigenvalue weighted by Gasteiger charge is 2.47. The average molecular weight is 860 g/mol. The van der Waals surface area contributed by atoms with Crippen LogP contribution in [-0.2, 0) is 10.8 Å². The molecule has 10 aromatic carbocycles. The molecule has 0 aliphatic heterocycles. The summed E-state index contributed by atoms with van der Waals surface area (Å²) in [4.78, 5) is 2.47. The first-order valence-corrected chi connectivity index (χ1v) is 25.2. The van der Waals surface area contributed by atoms with Gasteiger partial charge in [0.2, 0.25) is 0 Å². The monoisotopic (exact) mass is 859 g/mol. The molecular weight excluding hydrogens is 811 g/mol. The van der Waals surface area contributed by atoms with E-state index in [9.17, 15) is 0 Å². The SMILES string of the molecule is CC1(C)c2cc(N(c3ccccc3)c3ccc4c(c3)C(c3ccccc3)(c3ccccc3)c3ccccc3-4)ccc2-c2ccc([Si](c3ccccc3)(c3ccccc3)c3ccccc3)cc21. The number of para-hydroxylation sites is 1. The Kier molecular flexibility index (Phi) is 9.48. The average Bonchev–Trinajstić information content (AvgIpc) is 3.81. The molecule has 0 saturated heterocycles. The van der Waals surface area contributed by atoms with Crippen LogP contribution in [0.15, 0.2) is 261 Å². The molecule has 314 valence electrons. The van der Waals surface area contributed by atoms with Crippen LogP contribution in [0.2, 0.25) is 0 Å². The van der Waals surface area contributed by atoms with Crippen LogP contribution < -0.4 is 25.6 Å². The van der Waals surface area contributed by atoms with Crippen LogP contribution in [0.3, 0.4) is 0 Å². The molecule has 2 aliphatic rings. The third-order valence-electron chi connectivity index (χ3n) is 14.7. The first kappa shape index (κ1) is 39.8. The van der Waals surface area contributed by atoms with Gasteiger partial charge in [-0.05, 0) is 113 Å². The lowest BCUT2D eigenvalue weighted by Gasteiger charge is -2.35. The van der Waals surface area contributed by atoms with Gasteiger partial charge in [-0.15, -0.1) is 0 Å². The lowest BCUT2D eigenvalue weighted by molar-refractivity contribution is 0.661. The third kappa shape index (κ3) is 5.92. The second kappa shape index (κ2) is 15.7. The molecule has 0 atom stereocenters. The molecule has 0 bridgehead atoms. The molecule has 0 fully saturated rings. The Labute approximate surface area is 390 Å². The summed E-state index contributed by atoms with van der Waals surface area (Å²) in [6.07, 6.45) is 0. The molecule has 0 unspecified atom stereocenters. The van der Waals surface area contributed by atoms with E-state index < -0.39 is 13.5 Å². The van der Waals surface area contributed by atoms with Gasteiger partial charge in [0.25, 0.3) is 0 Å². The Morgan fingerprint density at radius 3 is 1.18 bits per heavy atom. The highest BCUT2D eigenvalue weighted by atomic mass is 28.3. The predicted octanol–water partition coefficient (Wildman–Crippen LogP) is 13.2. The number of benzene rings is 10. The van der Waals surface area contributed by atoms with E-state index in [1.54, 1.807) is 0 Å². The second-order valence-corrected chi connectivity index (χ2v) is 22.2. The van der Waals surface area contributed by atoms with E-state index in [0.717, 1.165) is 17.1 Å². The van der Waals surface area contributed by atoms with E-state index in [2.05, 4.69) is 280 Å². The molecule has 0 aromatic heterocycles. The third-order valence-corrected chi connectivity index (χ3v) is 19.5. The van der Waals surface area contributed by atoms with Crippen LogP contribution in [0.5, 0.6) is 0 Å². The predicted molar refractivity (Wildman–Crippen MR) is 280 cm³/mol. The van der Waals surface area contributed by atoms with Gasteiger partial charge in [0.05, 0.1) is 5.41 Å². The quantitative estimate of drug-likeness (QED) is 0.103. The molecule has 0 N–H and O–H groups in total. The van der Waals surface area contributed by atoms with E-state index in [0.29, 0.717) is 0 Å². The van der Waals surface area contributed by atoms with Crippen LogP contribution in [0.1, 0.15) is 47.2 Å². The van der Waals surface area contributed by atoms with Crippen LogP contribution in [-0.4, -0.2) is 8.07 Å². The number of hydrogen-bond donors (Lipinski definition) is 0. The molecule has 0 amide bonds. The summed E-state index contributed by atoms with van der Waals surface area (Å²) >= 11 is 0. The van der Waals surface area contributed by atoms with Crippen molar-refractivity contribution in [3.63, 3.8) is 0 Å². The number of anilines is 3.